The Morgan fingerprint density at radius 1 is 1.12 bits per heavy atom. The van der Waals surface area contributed by atoms with E-state index in [0.29, 0.717) is 61.2 Å². The summed E-state index contributed by atoms with van der Waals surface area (Å²) in [5, 5.41) is 6.09. The molecule has 1 atom stereocenters. The molecule has 0 N–H and O–H groups in total. The highest BCUT2D eigenvalue weighted by Crippen LogP contribution is 2.43. The summed E-state index contributed by atoms with van der Waals surface area (Å²) in [4.78, 5) is 18.4. The minimum absolute atomic E-state index is 0.0598. The summed E-state index contributed by atoms with van der Waals surface area (Å²) in [6.07, 6.45) is 2.27. The van der Waals surface area contributed by atoms with Crippen molar-refractivity contribution in [1.82, 2.24) is 9.66 Å². The molecule has 0 saturated heterocycles. The van der Waals surface area contributed by atoms with Crippen LogP contribution in [0.3, 0.4) is 0 Å². The van der Waals surface area contributed by atoms with Crippen LogP contribution in [0, 0.1) is 0 Å². The van der Waals surface area contributed by atoms with Crippen LogP contribution >= 0.6 is 27.5 Å². The lowest BCUT2D eigenvalue weighted by Crippen LogP contribution is -2.20. The van der Waals surface area contributed by atoms with Gasteiger partial charge < -0.3 is 18.6 Å². The van der Waals surface area contributed by atoms with Crippen LogP contribution in [0.15, 0.2) is 73.4 Å². The van der Waals surface area contributed by atoms with Gasteiger partial charge in [0, 0.05) is 10.0 Å². The third kappa shape index (κ3) is 5.19. The molecular formula is C30H27BrClN3O5. The molecule has 0 saturated carbocycles. The summed E-state index contributed by atoms with van der Waals surface area (Å²) < 4.78 is 25.3. The standard InChI is InChI=1S/C30H27BrClN3O5/c1-5-17(3)39-28-24(38-6-2)14-18(26(31)27(28)32)16-33-35-29(34-21-11-8-7-10-19(21)30(35)36)25-15-20-22(37-4)12-9-13-23(20)40-25/h7-17H,5-6H2,1-4H3/t17-/m1/s1. The van der Waals surface area contributed by atoms with Crippen LogP contribution in [0.4, 0.5) is 0 Å². The predicted octanol–water partition coefficient (Wildman–Crippen LogP) is 7.69. The molecule has 5 aromatic rings. The van der Waals surface area contributed by atoms with Gasteiger partial charge in [0.1, 0.15) is 16.4 Å². The van der Waals surface area contributed by atoms with Crippen molar-refractivity contribution in [2.45, 2.75) is 33.3 Å². The molecule has 0 aliphatic rings. The minimum atomic E-state index is -0.353. The monoisotopic (exact) mass is 623 g/mol. The Kier molecular flexibility index (Phi) is 8.14. The van der Waals surface area contributed by atoms with Gasteiger partial charge >= 0.3 is 0 Å². The number of ether oxygens (including phenoxy) is 3. The van der Waals surface area contributed by atoms with Crippen LogP contribution in [0.25, 0.3) is 33.5 Å². The molecular weight excluding hydrogens is 598 g/mol. The van der Waals surface area contributed by atoms with Crippen molar-refractivity contribution < 1.29 is 18.6 Å². The quantitative estimate of drug-likeness (QED) is 0.156. The fourth-order valence-electron chi connectivity index (χ4n) is 4.19. The van der Waals surface area contributed by atoms with E-state index in [9.17, 15) is 4.79 Å². The van der Waals surface area contributed by atoms with E-state index < -0.39 is 0 Å². The molecule has 2 aromatic heterocycles. The maximum Gasteiger partial charge on any atom is 0.282 e. The molecule has 2 heterocycles. The molecule has 10 heteroatoms. The van der Waals surface area contributed by atoms with Gasteiger partial charge in [0.05, 0.1) is 42.3 Å². The van der Waals surface area contributed by atoms with Gasteiger partial charge in [0.15, 0.2) is 17.3 Å². The molecule has 0 unspecified atom stereocenters. The van der Waals surface area contributed by atoms with Gasteiger partial charge in [0.2, 0.25) is 5.82 Å². The van der Waals surface area contributed by atoms with E-state index in [1.54, 1.807) is 37.4 Å². The van der Waals surface area contributed by atoms with Crippen molar-refractivity contribution in [1.29, 1.82) is 0 Å². The number of furan rings is 1. The first-order valence-corrected chi connectivity index (χ1v) is 14.0. The molecule has 40 heavy (non-hydrogen) atoms. The second-order valence-corrected chi connectivity index (χ2v) is 10.2. The van der Waals surface area contributed by atoms with Crippen LogP contribution in [0.5, 0.6) is 17.2 Å². The molecule has 0 fully saturated rings. The number of para-hydroxylation sites is 1. The van der Waals surface area contributed by atoms with E-state index in [1.165, 1.54) is 10.9 Å². The molecule has 0 radical (unpaired) electrons. The molecule has 0 aliphatic heterocycles. The second kappa shape index (κ2) is 11.7. The third-order valence-corrected chi connectivity index (χ3v) is 7.82. The summed E-state index contributed by atoms with van der Waals surface area (Å²) in [6.45, 7) is 6.29. The van der Waals surface area contributed by atoms with Crippen LogP contribution < -0.4 is 19.8 Å². The van der Waals surface area contributed by atoms with Crippen molar-refractivity contribution in [3.63, 3.8) is 0 Å². The Morgan fingerprint density at radius 2 is 1.93 bits per heavy atom. The van der Waals surface area contributed by atoms with Crippen LogP contribution in [0.1, 0.15) is 32.8 Å². The molecule has 0 aliphatic carbocycles. The summed E-state index contributed by atoms with van der Waals surface area (Å²) in [5.74, 6) is 2.17. The molecule has 5 rings (SSSR count). The SMILES string of the molecule is CCOc1cc(C=Nn2c(-c3cc4c(OC)cccc4o3)nc3ccccc3c2=O)c(Br)c(Cl)c1O[C@H](C)CC. The molecule has 0 amide bonds. The highest BCUT2D eigenvalue weighted by atomic mass is 79.9. The molecule has 206 valence electrons. The van der Waals surface area contributed by atoms with Crippen molar-refractivity contribution in [3.8, 4) is 28.8 Å². The van der Waals surface area contributed by atoms with E-state index in [0.717, 1.165) is 11.8 Å². The van der Waals surface area contributed by atoms with Gasteiger partial charge in [-0.25, -0.2) is 4.98 Å². The summed E-state index contributed by atoms with van der Waals surface area (Å²) in [7, 11) is 1.59. The lowest BCUT2D eigenvalue weighted by atomic mass is 10.2. The topological polar surface area (TPSA) is 88.1 Å². The van der Waals surface area contributed by atoms with Gasteiger partial charge in [-0.05, 0) is 72.6 Å². The van der Waals surface area contributed by atoms with Gasteiger partial charge in [-0.1, -0.05) is 36.7 Å². The Labute approximate surface area is 244 Å². The van der Waals surface area contributed by atoms with Crippen molar-refractivity contribution in [3.05, 3.63) is 80.0 Å². The van der Waals surface area contributed by atoms with E-state index in [4.69, 9.17) is 35.2 Å². The molecule has 0 bridgehead atoms. The van der Waals surface area contributed by atoms with Crippen LogP contribution in [-0.4, -0.2) is 35.7 Å². The first kappa shape index (κ1) is 27.7. The number of hydrogen-bond acceptors (Lipinski definition) is 7. The Balaban J connectivity index is 1.68. The number of nitrogens with zero attached hydrogens (tertiary/aromatic N) is 3. The zero-order valence-corrected chi connectivity index (χ0v) is 24.7. The zero-order chi connectivity index (χ0) is 28.4. The fraction of sp³-hybridized carbons (Fsp3) is 0.233. The summed E-state index contributed by atoms with van der Waals surface area (Å²) in [5.41, 5.74) is 1.35. The number of hydrogen-bond donors (Lipinski definition) is 0. The molecule has 3 aromatic carbocycles. The second-order valence-electron chi connectivity index (χ2n) is 8.99. The normalized spacial score (nSPS) is 12.3. The van der Waals surface area contributed by atoms with Crippen molar-refractivity contribution >= 4 is 55.6 Å². The first-order chi connectivity index (χ1) is 19.4. The molecule has 8 nitrogen and oxygen atoms in total. The number of benzene rings is 3. The average Bonchev–Trinajstić information content (AvgIpc) is 3.41. The van der Waals surface area contributed by atoms with Gasteiger partial charge in [-0.3, -0.25) is 4.79 Å². The largest absolute Gasteiger partial charge is 0.496 e. The fourth-order valence-corrected chi connectivity index (χ4v) is 4.83. The van der Waals surface area contributed by atoms with Gasteiger partial charge in [0.25, 0.3) is 5.56 Å². The zero-order valence-electron chi connectivity index (χ0n) is 22.4. The van der Waals surface area contributed by atoms with Crippen LogP contribution in [-0.2, 0) is 0 Å². The van der Waals surface area contributed by atoms with E-state index >= 15 is 0 Å². The lowest BCUT2D eigenvalue weighted by molar-refractivity contribution is 0.203. The number of aromatic nitrogens is 2. The maximum absolute atomic E-state index is 13.7. The predicted molar refractivity (Wildman–Crippen MR) is 161 cm³/mol. The van der Waals surface area contributed by atoms with Gasteiger partial charge in [-0.2, -0.15) is 9.78 Å². The van der Waals surface area contributed by atoms with E-state index in [-0.39, 0.29) is 17.5 Å². The number of rotatable bonds is 9. The smallest absolute Gasteiger partial charge is 0.282 e. The lowest BCUT2D eigenvalue weighted by Gasteiger charge is -2.19. The maximum atomic E-state index is 13.7. The van der Waals surface area contributed by atoms with E-state index in [2.05, 4.69) is 21.0 Å². The van der Waals surface area contributed by atoms with Crippen molar-refractivity contribution in [2.75, 3.05) is 13.7 Å². The summed E-state index contributed by atoms with van der Waals surface area (Å²) >= 11 is 10.3. The van der Waals surface area contributed by atoms with Gasteiger partial charge in [-0.15, -0.1) is 0 Å². The highest BCUT2D eigenvalue weighted by molar-refractivity contribution is 9.10. The first-order valence-electron chi connectivity index (χ1n) is 12.8. The Bertz CT molecular complexity index is 1800. The number of fused-ring (bicyclic) bond motifs is 2. The van der Waals surface area contributed by atoms with Crippen LogP contribution in [0.2, 0.25) is 5.02 Å². The highest BCUT2D eigenvalue weighted by Gasteiger charge is 2.21. The number of methoxy groups -OCH3 is 1. The summed E-state index contributed by atoms with van der Waals surface area (Å²) in [6, 6.07) is 16.2. The number of halogens is 2. The van der Waals surface area contributed by atoms with E-state index in [1.807, 2.05) is 45.0 Å². The Hall–Kier alpha value is -3.82. The third-order valence-electron chi connectivity index (χ3n) is 6.38. The Morgan fingerprint density at radius 3 is 2.67 bits per heavy atom. The minimum Gasteiger partial charge on any atom is -0.496 e. The van der Waals surface area contributed by atoms with Crippen molar-refractivity contribution in [2.24, 2.45) is 5.10 Å². The average molecular weight is 625 g/mol. The molecule has 0 spiro atoms.